The van der Waals surface area contributed by atoms with E-state index in [2.05, 4.69) is 112 Å². The van der Waals surface area contributed by atoms with Gasteiger partial charge < -0.3 is 9.13 Å². The van der Waals surface area contributed by atoms with E-state index in [1.807, 2.05) is 0 Å². The van der Waals surface area contributed by atoms with E-state index in [0.29, 0.717) is 5.92 Å². The van der Waals surface area contributed by atoms with Crippen LogP contribution in [0.1, 0.15) is 83.1 Å². The topological polar surface area (TPSA) is 6.48 Å². The van der Waals surface area contributed by atoms with E-state index in [1.54, 1.807) is 0 Å². The Kier molecular flexibility index (Phi) is 14.8. The SMILES string of the molecule is CCCCC/C=C/CCC(CC)CC(C/C=C/C[Si](C)(N(C)C)N(C)C)c1ccccc1. The lowest BCUT2D eigenvalue weighted by atomic mass is 9.83. The molecule has 0 aromatic heterocycles. The second kappa shape index (κ2) is 16.4. The molecule has 1 aromatic carbocycles. The largest absolute Gasteiger partial charge is 0.317 e. The lowest BCUT2D eigenvalue weighted by Crippen LogP contribution is -2.57. The Balaban J connectivity index is 2.70. The predicted molar refractivity (Wildman–Crippen MR) is 148 cm³/mol. The molecule has 0 saturated heterocycles. The maximum atomic E-state index is 2.47. The molecular formula is C29H52N2Si. The van der Waals surface area contributed by atoms with Crippen molar-refractivity contribution in [3.63, 3.8) is 0 Å². The Morgan fingerprint density at radius 3 is 2.09 bits per heavy atom. The van der Waals surface area contributed by atoms with Crippen LogP contribution in [0.5, 0.6) is 0 Å². The first-order valence-electron chi connectivity index (χ1n) is 13.0. The third-order valence-corrected chi connectivity index (χ3v) is 12.2. The van der Waals surface area contributed by atoms with Crippen molar-refractivity contribution < 1.29 is 0 Å². The van der Waals surface area contributed by atoms with Gasteiger partial charge in [-0.3, -0.25) is 0 Å². The van der Waals surface area contributed by atoms with Gasteiger partial charge >= 0.3 is 0 Å². The summed E-state index contributed by atoms with van der Waals surface area (Å²) in [6.07, 6.45) is 21.3. The molecule has 0 bridgehead atoms. The van der Waals surface area contributed by atoms with Crippen LogP contribution < -0.4 is 0 Å². The van der Waals surface area contributed by atoms with Crippen LogP contribution in [0.15, 0.2) is 54.6 Å². The van der Waals surface area contributed by atoms with Crippen molar-refractivity contribution in [3.05, 3.63) is 60.2 Å². The van der Waals surface area contributed by atoms with Gasteiger partial charge in [-0.15, -0.1) is 0 Å². The van der Waals surface area contributed by atoms with Crippen molar-refractivity contribution in [3.8, 4) is 0 Å². The molecule has 0 radical (unpaired) electrons. The highest BCUT2D eigenvalue weighted by atomic mass is 28.3. The summed E-state index contributed by atoms with van der Waals surface area (Å²) in [5, 5.41) is 0. The summed E-state index contributed by atoms with van der Waals surface area (Å²) in [6.45, 7) is 7.10. The molecule has 0 heterocycles. The van der Waals surface area contributed by atoms with Crippen molar-refractivity contribution in [2.45, 2.75) is 90.1 Å². The highest BCUT2D eigenvalue weighted by molar-refractivity contribution is 6.73. The van der Waals surface area contributed by atoms with Crippen LogP contribution in [0.3, 0.4) is 0 Å². The van der Waals surface area contributed by atoms with Crippen LogP contribution in [-0.4, -0.2) is 45.7 Å². The molecule has 3 heteroatoms. The Hall–Kier alpha value is -1.16. The number of unbranched alkanes of at least 4 members (excludes halogenated alkanes) is 3. The molecule has 32 heavy (non-hydrogen) atoms. The highest BCUT2D eigenvalue weighted by Gasteiger charge is 2.31. The molecule has 0 saturated carbocycles. The van der Waals surface area contributed by atoms with Gasteiger partial charge in [-0.25, -0.2) is 0 Å². The van der Waals surface area contributed by atoms with Gasteiger partial charge in [0.2, 0.25) is 8.40 Å². The van der Waals surface area contributed by atoms with Gasteiger partial charge in [0.15, 0.2) is 0 Å². The Bertz CT molecular complexity index is 628. The summed E-state index contributed by atoms with van der Waals surface area (Å²) in [5.41, 5.74) is 1.51. The highest BCUT2D eigenvalue weighted by Crippen LogP contribution is 2.31. The van der Waals surface area contributed by atoms with Gasteiger partial charge in [-0.05, 0) is 96.7 Å². The number of rotatable bonds is 17. The van der Waals surface area contributed by atoms with Crippen LogP contribution in [0.25, 0.3) is 0 Å². The van der Waals surface area contributed by atoms with E-state index in [1.165, 1.54) is 63.0 Å². The standard InChI is InChI=1S/C29H52N2Si/c1-8-10-11-12-13-14-16-21-27(9-2)26-29(28-22-17-15-18-23-28)24-19-20-25-32(7,30(3)4)31(5)6/h13-15,17-20,22-23,27,29H,8-12,16,21,24-26H2,1-7H3/b14-13+,20-19+. The number of hydrogen-bond acceptors (Lipinski definition) is 2. The summed E-state index contributed by atoms with van der Waals surface area (Å²) in [4.78, 5) is 0. The molecular weight excluding hydrogens is 404 g/mol. The molecule has 1 rings (SSSR count). The first kappa shape index (κ1) is 28.9. The van der Waals surface area contributed by atoms with E-state index < -0.39 is 8.40 Å². The monoisotopic (exact) mass is 456 g/mol. The molecule has 0 aliphatic carbocycles. The van der Waals surface area contributed by atoms with Gasteiger partial charge in [-0.2, -0.15) is 0 Å². The minimum Gasteiger partial charge on any atom is -0.317 e. The molecule has 0 N–H and O–H groups in total. The van der Waals surface area contributed by atoms with Crippen LogP contribution in [0, 0.1) is 5.92 Å². The van der Waals surface area contributed by atoms with E-state index >= 15 is 0 Å². The number of allylic oxidation sites excluding steroid dienone is 4. The Labute approximate surface area is 202 Å². The number of nitrogens with zero attached hydrogens (tertiary/aromatic N) is 2. The van der Waals surface area contributed by atoms with Crippen molar-refractivity contribution in [2.24, 2.45) is 5.92 Å². The van der Waals surface area contributed by atoms with Gasteiger partial charge in [0.1, 0.15) is 0 Å². The molecule has 0 spiro atoms. The maximum Gasteiger partial charge on any atom is 0.206 e. The molecule has 0 aliphatic heterocycles. The van der Waals surface area contributed by atoms with Gasteiger partial charge in [0, 0.05) is 0 Å². The first-order chi connectivity index (χ1) is 15.3. The zero-order valence-electron chi connectivity index (χ0n) is 22.3. The fourth-order valence-electron chi connectivity index (χ4n) is 4.40. The first-order valence-corrected chi connectivity index (χ1v) is 15.6. The van der Waals surface area contributed by atoms with Crippen molar-refractivity contribution >= 4 is 8.40 Å². The van der Waals surface area contributed by atoms with Gasteiger partial charge in [-0.1, -0.05) is 87.7 Å². The zero-order valence-corrected chi connectivity index (χ0v) is 23.3. The third-order valence-electron chi connectivity index (χ3n) is 7.37. The van der Waals surface area contributed by atoms with Gasteiger partial charge in [0.05, 0.1) is 0 Å². The second-order valence-corrected chi connectivity index (χ2v) is 14.7. The second-order valence-electron chi connectivity index (χ2n) is 10.1. The summed E-state index contributed by atoms with van der Waals surface area (Å²) in [6, 6.07) is 12.4. The molecule has 0 aliphatic rings. The summed E-state index contributed by atoms with van der Waals surface area (Å²) < 4.78 is 4.91. The molecule has 0 amide bonds. The Morgan fingerprint density at radius 2 is 1.50 bits per heavy atom. The van der Waals surface area contributed by atoms with Crippen LogP contribution in [0.2, 0.25) is 12.6 Å². The molecule has 182 valence electrons. The Morgan fingerprint density at radius 1 is 0.844 bits per heavy atom. The van der Waals surface area contributed by atoms with Crippen LogP contribution in [-0.2, 0) is 0 Å². The lowest BCUT2D eigenvalue weighted by Gasteiger charge is -2.39. The van der Waals surface area contributed by atoms with Crippen molar-refractivity contribution in [1.82, 2.24) is 9.13 Å². The van der Waals surface area contributed by atoms with E-state index in [0.717, 1.165) is 12.3 Å². The predicted octanol–water partition coefficient (Wildman–Crippen LogP) is 8.24. The van der Waals surface area contributed by atoms with E-state index in [-0.39, 0.29) is 0 Å². The average molecular weight is 457 g/mol. The van der Waals surface area contributed by atoms with E-state index in [4.69, 9.17) is 0 Å². The smallest absolute Gasteiger partial charge is 0.206 e. The maximum absolute atomic E-state index is 2.47. The summed E-state index contributed by atoms with van der Waals surface area (Å²) in [7, 11) is 7.38. The third kappa shape index (κ3) is 10.6. The fraction of sp³-hybridized carbons (Fsp3) is 0.655. The number of hydrogen-bond donors (Lipinski definition) is 0. The van der Waals surface area contributed by atoms with Crippen molar-refractivity contribution in [1.29, 1.82) is 0 Å². The molecule has 1 aromatic rings. The summed E-state index contributed by atoms with van der Waals surface area (Å²) in [5.74, 6) is 1.43. The molecule has 2 nitrogen and oxygen atoms in total. The van der Waals surface area contributed by atoms with Crippen molar-refractivity contribution in [2.75, 3.05) is 28.2 Å². The summed E-state index contributed by atoms with van der Waals surface area (Å²) >= 11 is 0. The molecule has 2 atom stereocenters. The lowest BCUT2D eigenvalue weighted by molar-refractivity contribution is 0.399. The average Bonchev–Trinajstić information content (AvgIpc) is 2.79. The minimum absolute atomic E-state index is 0.623. The fourth-order valence-corrected chi connectivity index (χ4v) is 6.54. The normalized spacial score (nSPS) is 14.8. The molecule has 0 fully saturated rings. The van der Waals surface area contributed by atoms with Crippen LogP contribution >= 0.6 is 0 Å². The quantitative estimate of drug-likeness (QED) is 0.132. The minimum atomic E-state index is -1.56. The zero-order chi connectivity index (χ0) is 23.8. The number of benzene rings is 1. The van der Waals surface area contributed by atoms with Gasteiger partial charge in [0.25, 0.3) is 0 Å². The van der Waals surface area contributed by atoms with E-state index in [9.17, 15) is 0 Å². The molecule has 2 unspecified atom stereocenters. The van der Waals surface area contributed by atoms with Crippen LogP contribution in [0.4, 0.5) is 0 Å².